The summed E-state index contributed by atoms with van der Waals surface area (Å²) in [5, 5.41) is 0. The minimum atomic E-state index is 0.935. The van der Waals surface area contributed by atoms with E-state index in [1.54, 1.807) is 5.57 Å². The third-order valence-electron chi connectivity index (χ3n) is 3.29. The molecule has 0 aliphatic heterocycles. The molecule has 0 N–H and O–H groups in total. The smallest absolute Gasteiger partial charge is 0.0280 e. The van der Waals surface area contributed by atoms with E-state index in [1.165, 1.54) is 37.7 Å². The van der Waals surface area contributed by atoms with Gasteiger partial charge in [0.25, 0.3) is 0 Å². The van der Waals surface area contributed by atoms with Crippen molar-refractivity contribution in [3.05, 3.63) is 23.3 Å². The maximum absolute atomic E-state index is 2.28. The van der Waals surface area contributed by atoms with E-state index >= 15 is 0 Å². The van der Waals surface area contributed by atoms with Crippen molar-refractivity contribution in [1.82, 2.24) is 0 Å². The number of hydrogen-bond acceptors (Lipinski definition) is 0. The van der Waals surface area contributed by atoms with Crippen LogP contribution in [-0.4, -0.2) is 0 Å². The second kappa shape index (κ2) is 8.76. The molecule has 0 aromatic heterocycles. The molecule has 0 spiro atoms. The van der Waals surface area contributed by atoms with E-state index in [4.69, 9.17) is 0 Å². The van der Waals surface area contributed by atoms with Gasteiger partial charge in [-0.25, -0.2) is 0 Å². The van der Waals surface area contributed by atoms with E-state index in [-0.39, 0.29) is 0 Å². The molecule has 0 unspecified atom stereocenters. The van der Waals surface area contributed by atoms with E-state index in [1.807, 2.05) is 0 Å². The van der Waals surface area contributed by atoms with Crippen LogP contribution in [0.3, 0.4) is 0 Å². The summed E-state index contributed by atoms with van der Waals surface area (Å²) >= 11 is 0. The Morgan fingerprint density at radius 3 is 1.93 bits per heavy atom. The molecule has 0 heteroatoms. The van der Waals surface area contributed by atoms with Crippen LogP contribution in [0.2, 0.25) is 0 Å². The Kier molecular flexibility index (Phi) is 8.46. The van der Waals surface area contributed by atoms with Crippen molar-refractivity contribution in [1.29, 1.82) is 0 Å². The molecule has 0 radical (unpaired) electrons. The topological polar surface area (TPSA) is 0 Å². The summed E-state index contributed by atoms with van der Waals surface area (Å²) in [5.41, 5.74) is 3.12. The first-order valence-electron chi connectivity index (χ1n) is 6.49. The molecule has 0 saturated heterocycles. The molecule has 0 fully saturated rings. The molecule has 88 valence electrons. The van der Waals surface area contributed by atoms with E-state index in [2.05, 4.69) is 46.8 Å². The highest BCUT2D eigenvalue weighted by molar-refractivity contribution is 5.22. The second-order valence-corrected chi connectivity index (χ2v) is 4.61. The summed E-state index contributed by atoms with van der Waals surface area (Å²) in [6.07, 6.45) is 11.0. The van der Waals surface area contributed by atoms with Gasteiger partial charge in [0.1, 0.15) is 0 Å². The minimum absolute atomic E-state index is 0.935. The number of rotatable bonds is 3. The Labute approximate surface area is 96.5 Å². The highest BCUT2D eigenvalue weighted by Gasteiger charge is 1.99. The summed E-state index contributed by atoms with van der Waals surface area (Å²) < 4.78 is 0. The van der Waals surface area contributed by atoms with Crippen molar-refractivity contribution in [2.45, 2.75) is 66.7 Å². The quantitative estimate of drug-likeness (QED) is 0.574. The first kappa shape index (κ1) is 14.5. The molecule has 0 bridgehead atoms. The molecule has 1 rings (SSSR count). The summed E-state index contributed by atoms with van der Waals surface area (Å²) in [5.74, 6) is 0.935. The second-order valence-electron chi connectivity index (χ2n) is 4.61. The van der Waals surface area contributed by atoms with Gasteiger partial charge in [-0.15, -0.1) is 0 Å². The largest absolute Gasteiger partial charge is 0.0730 e. The number of hydrogen-bond donors (Lipinski definition) is 0. The summed E-state index contributed by atoms with van der Waals surface area (Å²) in [4.78, 5) is 0. The Morgan fingerprint density at radius 1 is 1.07 bits per heavy atom. The summed E-state index contributed by atoms with van der Waals surface area (Å²) in [6, 6.07) is 0. The lowest BCUT2D eigenvalue weighted by molar-refractivity contribution is 0.544. The first-order valence-corrected chi connectivity index (χ1v) is 6.49. The zero-order valence-electron chi connectivity index (χ0n) is 11.3. The molecular weight excluding hydrogens is 180 g/mol. The zero-order chi connectivity index (χ0) is 11.7. The Hall–Kier alpha value is -0.520. The van der Waals surface area contributed by atoms with Gasteiger partial charge in [-0.2, -0.15) is 0 Å². The van der Waals surface area contributed by atoms with Crippen LogP contribution < -0.4 is 0 Å². The lowest BCUT2D eigenvalue weighted by atomic mass is 9.98. The van der Waals surface area contributed by atoms with E-state index in [0.29, 0.717) is 0 Å². The maximum atomic E-state index is 2.28. The van der Waals surface area contributed by atoms with Gasteiger partial charge >= 0.3 is 0 Å². The summed E-state index contributed by atoms with van der Waals surface area (Å²) in [6.45, 7) is 11.2. The van der Waals surface area contributed by atoms with Gasteiger partial charge in [0.2, 0.25) is 0 Å². The third-order valence-corrected chi connectivity index (χ3v) is 3.29. The van der Waals surface area contributed by atoms with Crippen molar-refractivity contribution >= 4 is 0 Å². The van der Waals surface area contributed by atoms with Gasteiger partial charge in [0, 0.05) is 0 Å². The zero-order valence-corrected chi connectivity index (χ0v) is 11.3. The van der Waals surface area contributed by atoms with Crippen LogP contribution in [0.5, 0.6) is 0 Å². The lowest BCUT2D eigenvalue weighted by Gasteiger charge is -2.08. The van der Waals surface area contributed by atoms with E-state index in [0.717, 1.165) is 5.92 Å². The van der Waals surface area contributed by atoms with Crippen molar-refractivity contribution in [3.8, 4) is 0 Å². The molecule has 0 aromatic carbocycles. The highest BCUT2D eigenvalue weighted by Crippen LogP contribution is 2.19. The van der Waals surface area contributed by atoms with Crippen molar-refractivity contribution in [3.63, 3.8) is 0 Å². The molecule has 0 amide bonds. The monoisotopic (exact) mass is 208 g/mol. The van der Waals surface area contributed by atoms with Gasteiger partial charge in [0.05, 0.1) is 0 Å². The standard InChI is InChI=1S/C9H14.C6H14/c1-3-9-6-4-8(2)5-7-9;1-4-6(3)5-2/h4,6H,3,5,7H2,1-2H3;6H,4-5H2,1-3H3. The van der Waals surface area contributed by atoms with Crippen LogP contribution in [0, 0.1) is 5.92 Å². The van der Waals surface area contributed by atoms with Crippen LogP contribution in [0.15, 0.2) is 23.3 Å². The van der Waals surface area contributed by atoms with Gasteiger partial charge in [-0.05, 0) is 32.1 Å². The van der Waals surface area contributed by atoms with Gasteiger partial charge in [0.15, 0.2) is 0 Å². The molecule has 0 atom stereocenters. The minimum Gasteiger partial charge on any atom is -0.0730 e. The molecule has 0 nitrogen and oxygen atoms in total. The van der Waals surface area contributed by atoms with Gasteiger partial charge < -0.3 is 0 Å². The lowest BCUT2D eigenvalue weighted by Crippen LogP contribution is -1.88. The normalized spacial score (nSPS) is 15.3. The fourth-order valence-corrected chi connectivity index (χ4v) is 1.37. The van der Waals surface area contributed by atoms with Crippen LogP contribution in [-0.2, 0) is 0 Å². The predicted octanol–water partition coefficient (Wildman–Crippen LogP) is 5.51. The highest BCUT2D eigenvalue weighted by atomic mass is 14.0. The van der Waals surface area contributed by atoms with Crippen LogP contribution in [0.4, 0.5) is 0 Å². The van der Waals surface area contributed by atoms with Gasteiger partial charge in [-0.1, -0.05) is 63.8 Å². The predicted molar refractivity (Wildman–Crippen MR) is 71.1 cm³/mol. The fourth-order valence-electron chi connectivity index (χ4n) is 1.37. The number of allylic oxidation sites excluding steroid dienone is 4. The fraction of sp³-hybridized carbons (Fsp3) is 0.733. The van der Waals surface area contributed by atoms with E-state index in [9.17, 15) is 0 Å². The van der Waals surface area contributed by atoms with Crippen LogP contribution >= 0.6 is 0 Å². The molecular formula is C15H28. The van der Waals surface area contributed by atoms with Crippen LogP contribution in [0.1, 0.15) is 66.7 Å². The Balaban J connectivity index is 0.000000288. The molecule has 0 saturated carbocycles. The maximum Gasteiger partial charge on any atom is -0.0280 e. The van der Waals surface area contributed by atoms with E-state index < -0.39 is 0 Å². The average Bonchev–Trinajstić information content (AvgIpc) is 2.30. The Morgan fingerprint density at radius 2 is 1.67 bits per heavy atom. The molecule has 1 aliphatic carbocycles. The molecule has 15 heavy (non-hydrogen) atoms. The van der Waals surface area contributed by atoms with Gasteiger partial charge in [-0.3, -0.25) is 0 Å². The van der Waals surface area contributed by atoms with Crippen molar-refractivity contribution in [2.24, 2.45) is 5.92 Å². The molecule has 0 aromatic rings. The molecule has 1 aliphatic rings. The SMILES string of the molecule is CCC(C)CC.CCC1=CC=C(C)CC1. The summed E-state index contributed by atoms with van der Waals surface area (Å²) in [7, 11) is 0. The first-order chi connectivity index (χ1) is 7.13. The average molecular weight is 208 g/mol. The van der Waals surface area contributed by atoms with Crippen molar-refractivity contribution in [2.75, 3.05) is 0 Å². The van der Waals surface area contributed by atoms with Crippen molar-refractivity contribution < 1.29 is 0 Å². The molecule has 0 heterocycles. The third kappa shape index (κ3) is 7.41. The van der Waals surface area contributed by atoms with Crippen LogP contribution in [0.25, 0.3) is 0 Å². The Bertz CT molecular complexity index is 204.